The topological polar surface area (TPSA) is 136 Å². The molecule has 110 valence electrons. The maximum atomic E-state index is 11.9. The Kier molecular flexibility index (Phi) is 4.55. The van der Waals surface area contributed by atoms with Crippen molar-refractivity contribution in [2.75, 3.05) is 6.61 Å². The third-order valence-corrected chi connectivity index (χ3v) is 2.83. The Labute approximate surface area is 119 Å². The number of hydrogen-bond donors (Lipinski definition) is 0. The zero-order valence-electron chi connectivity index (χ0n) is 11.2. The molecule has 0 saturated heterocycles. The Morgan fingerprint density at radius 3 is 2.43 bits per heavy atom. The molecule has 0 aliphatic carbocycles. The number of benzene rings is 1. The Morgan fingerprint density at radius 1 is 1.38 bits per heavy atom. The zero-order valence-corrected chi connectivity index (χ0v) is 11.2. The van der Waals surface area contributed by atoms with Crippen LogP contribution in [0.2, 0.25) is 0 Å². The lowest BCUT2D eigenvalue weighted by atomic mass is 9.83. The van der Waals surface area contributed by atoms with Gasteiger partial charge in [0, 0.05) is 6.07 Å². The molecule has 1 unspecified atom stereocenters. The van der Waals surface area contributed by atoms with Gasteiger partial charge in [-0.1, -0.05) is 0 Å². The van der Waals surface area contributed by atoms with Crippen LogP contribution in [0.25, 0.3) is 0 Å². The summed E-state index contributed by atoms with van der Waals surface area (Å²) in [5, 5.41) is 30.9. The molecule has 0 aliphatic rings. The van der Waals surface area contributed by atoms with Gasteiger partial charge in [0.15, 0.2) is 5.41 Å². The summed E-state index contributed by atoms with van der Waals surface area (Å²) in [6.07, 6.45) is 0. The number of non-ortho nitro benzene ring substituents is 1. The molecule has 0 heterocycles. The largest absolute Gasteiger partial charge is 0.465 e. The molecule has 0 aromatic heterocycles. The van der Waals surface area contributed by atoms with Gasteiger partial charge in [-0.2, -0.15) is 5.26 Å². The van der Waals surface area contributed by atoms with Gasteiger partial charge in [0.2, 0.25) is 0 Å². The minimum absolute atomic E-state index is 0.00309. The van der Waals surface area contributed by atoms with Crippen molar-refractivity contribution in [3.8, 4) is 6.07 Å². The number of nitro groups is 2. The van der Waals surface area contributed by atoms with Crippen LogP contribution in [0.3, 0.4) is 0 Å². The summed E-state index contributed by atoms with van der Waals surface area (Å²) in [6, 6.07) is 4.41. The molecule has 1 aromatic rings. The van der Waals surface area contributed by atoms with E-state index in [2.05, 4.69) is 0 Å². The van der Waals surface area contributed by atoms with Gasteiger partial charge in [-0.05, 0) is 19.9 Å². The fraction of sp³-hybridized carbons (Fsp3) is 0.333. The van der Waals surface area contributed by atoms with Crippen molar-refractivity contribution in [2.45, 2.75) is 19.3 Å². The van der Waals surface area contributed by atoms with E-state index in [1.807, 2.05) is 0 Å². The molecule has 9 heteroatoms. The van der Waals surface area contributed by atoms with Crippen molar-refractivity contribution < 1.29 is 19.4 Å². The van der Waals surface area contributed by atoms with Gasteiger partial charge in [0.1, 0.15) is 0 Å². The van der Waals surface area contributed by atoms with Gasteiger partial charge in [-0.3, -0.25) is 20.2 Å². The lowest BCUT2D eigenvalue weighted by Crippen LogP contribution is -2.33. The first kappa shape index (κ1) is 16.0. The highest BCUT2D eigenvalue weighted by Crippen LogP contribution is 2.35. The Bertz CT molecular complexity index is 651. The number of ether oxygens (including phenoxy) is 1. The molecule has 1 atom stereocenters. The molecule has 0 spiro atoms. The lowest BCUT2D eigenvalue weighted by molar-refractivity contribution is -0.394. The molecule has 0 saturated carbocycles. The van der Waals surface area contributed by atoms with Gasteiger partial charge in [0.05, 0.1) is 34.2 Å². The van der Waals surface area contributed by atoms with E-state index in [0.29, 0.717) is 6.07 Å². The fourth-order valence-corrected chi connectivity index (χ4v) is 1.70. The van der Waals surface area contributed by atoms with E-state index < -0.39 is 32.6 Å². The summed E-state index contributed by atoms with van der Waals surface area (Å²) in [6.45, 7) is 2.69. The highest BCUT2D eigenvalue weighted by atomic mass is 16.6. The first-order valence-electron chi connectivity index (χ1n) is 5.79. The third-order valence-electron chi connectivity index (χ3n) is 2.83. The number of nitro benzene ring substituents is 2. The van der Waals surface area contributed by atoms with Gasteiger partial charge in [0.25, 0.3) is 11.4 Å². The van der Waals surface area contributed by atoms with Crippen molar-refractivity contribution in [1.29, 1.82) is 5.26 Å². The minimum atomic E-state index is -1.92. The standard InChI is InChI=1S/C12H11N3O6/c1-3-21-11(16)12(2,7-13)9-5-4-8(14(17)18)6-10(9)15(19)20/h4-6H,3H2,1-2H3. The number of hydrogen-bond acceptors (Lipinski definition) is 7. The van der Waals surface area contributed by atoms with Crippen LogP contribution in [-0.4, -0.2) is 22.4 Å². The third kappa shape index (κ3) is 2.94. The number of carbonyl (C=O) groups is 1. The highest BCUT2D eigenvalue weighted by molar-refractivity contribution is 5.88. The van der Waals surface area contributed by atoms with Crippen LogP contribution >= 0.6 is 0 Å². The predicted octanol–water partition coefficient (Wildman–Crippen LogP) is 1.85. The van der Waals surface area contributed by atoms with Gasteiger partial charge in [-0.15, -0.1) is 0 Å². The summed E-state index contributed by atoms with van der Waals surface area (Å²) in [4.78, 5) is 31.9. The second kappa shape index (κ2) is 5.96. The number of nitriles is 1. The molecule has 1 aromatic carbocycles. The predicted molar refractivity (Wildman–Crippen MR) is 69.3 cm³/mol. The normalized spacial score (nSPS) is 12.8. The van der Waals surface area contributed by atoms with E-state index in [9.17, 15) is 30.3 Å². The molecule has 1 rings (SSSR count). The molecule has 0 amide bonds. The highest BCUT2D eigenvalue weighted by Gasteiger charge is 2.43. The van der Waals surface area contributed by atoms with E-state index in [4.69, 9.17) is 4.74 Å². The smallest absolute Gasteiger partial charge is 0.331 e. The summed E-state index contributed by atoms with van der Waals surface area (Å²) >= 11 is 0. The minimum Gasteiger partial charge on any atom is -0.465 e. The first-order valence-corrected chi connectivity index (χ1v) is 5.79. The summed E-state index contributed by atoms with van der Waals surface area (Å²) in [7, 11) is 0. The second-order valence-electron chi connectivity index (χ2n) is 4.17. The quantitative estimate of drug-likeness (QED) is 0.458. The molecule has 0 bridgehead atoms. The van der Waals surface area contributed by atoms with Gasteiger partial charge in [-0.25, -0.2) is 4.79 Å². The van der Waals surface area contributed by atoms with Crippen molar-refractivity contribution in [3.05, 3.63) is 44.0 Å². The van der Waals surface area contributed by atoms with E-state index in [1.165, 1.54) is 13.8 Å². The lowest BCUT2D eigenvalue weighted by Gasteiger charge is -2.19. The van der Waals surface area contributed by atoms with E-state index in [1.54, 1.807) is 6.07 Å². The zero-order chi connectivity index (χ0) is 16.2. The van der Waals surface area contributed by atoms with Crippen molar-refractivity contribution in [2.24, 2.45) is 0 Å². The first-order chi connectivity index (χ1) is 9.77. The van der Waals surface area contributed by atoms with Gasteiger partial charge < -0.3 is 4.74 Å². The molecular weight excluding hydrogens is 282 g/mol. The average molecular weight is 293 g/mol. The number of carbonyl (C=O) groups excluding carboxylic acids is 1. The molecule has 21 heavy (non-hydrogen) atoms. The maximum Gasteiger partial charge on any atom is 0.331 e. The second-order valence-corrected chi connectivity index (χ2v) is 4.17. The molecule has 9 nitrogen and oxygen atoms in total. The Balaban J connectivity index is 3.54. The van der Waals surface area contributed by atoms with E-state index >= 15 is 0 Å². The number of rotatable bonds is 5. The summed E-state index contributed by atoms with van der Waals surface area (Å²) in [5.41, 5.74) is -3.36. The molecule has 0 radical (unpaired) electrons. The van der Waals surface area contributed by atoms with Crippen LogP contribution < -0.4 is 0 Å². The van der Waals surface area contributed by atoms with Crippen molar-refractivity contribution >= 4 is 17.3 Å². The van der Waals surface area contributed by atoms with Crippen molar-refractivity contribution in [1.82, 2.24) is 0 Å². The fourth-order valence-electron chi connectivity index (χ4n) is 1.70. The van der Waals surface area contributed by atoms with Gasteiger partial charge >= 0.3 is 5.97 Å². The molecule has 0 N–H and O–H groups in total. The van der Waals surface area contributed by atoms with Crippen LogP contribution in [0.5, 0.6) is 0 Å². The van der Waals surface area contributed by atoms with Crippen LogP contribution in [0, 0.1) is 31.6 Å². The number of esters is 1. The molecular formula is C12H11N3O6. The van der Waals surface area contributed by atoms with Crippen LogP contribution in [0.15, 0.2) is 18.2 Å². The summed E-state index contributed by atoms with van der Waals surface area (Å²) in [5.74, 6) is -0.954. The van der Waals surface area contributed by atoms with Crippen LogP contribution in [0.4, 0.5) is 11.4 Å². The number of nitrogens with zero attached hydrogens (tertiary/aromatic N) is 3. The van der Waals surface area contributed by atoms with E-state index in [0.717, 1.165) is 12.1 Å². The molecule has 0 aliphatic heterocycles. The van der Waals surface area contributed by atoms with Crippen LogP contribution in [-0.2, 0) is 14.9 Å². The van der Waals surface area contributed by atoms with Crippen molar-refractivity contribution in [3.63, 3.8) is 0 Å². The van der Waals surface area contributed by atoms with Crippen LogP contribution in [0.1, 0.15) is 19.4 Å². The Hall–Kier alpha value is -3.02. The maximum absolute atomic E-state index is 11.9. The SMILES string of the molecule is CCOC(=O)C(C)(C#N)c1ccc([N+](=O)[O-])cc1[N+](=O)[O-]. The van der Waals surface area contributed by atoms with E-state index in [-0.39, 0.29) is 12.2 Å². The average Bonchev–Trinajstić information content (AvgIpc) is 2.45. The monoisotopic (exact) mass is 293 g/mol. The Morgan fingerprint density at radius 2 is 2.00 bits per heavy atom. The summed E-state index contributed by atoms with van der Waals surface area (Å²) < 4.78 is 4.75. The molecule has 0 fully saturated rings.